The summed E-state index contributed by atoms with van der Waals surface area (Å²) in [6.45, 7) is 4.15. The average Bonchev–Trinajstić information content (AvgIpc) is 2.85. The number of nitrogens with one attached hydrogen (secondary N) is 1. The fourth-order valence-corrected chi connectivity index (χ4v) is 5.84. The molecule has 138 valence electrons. The van der Waals surface area contributed by atoms with Crippen molar-refractivity contribution in [2.24, 2.45) is 0 Å². The largest absolute Gasteiger partial charge is 0.283 e. The van der Waals surface area contributed by atoms with E-state index < -0.39 is 27.4 Å². The maximum absolute atomic E-state index is 13.2. The molecular weight excluding hydrogens is 398 g/mol. The lowest BCUT2D eigenvalue weighted by Crippen LogP contribution is -2.15. The molecule has 1 N–H and O–H groups in total. The molecule has 0 spiro atoms. The van der Waals surface area contributed by atoms with E-state index in [-0.39, 0.29) is 5.56 Å². The molecule has 0 aliphatic carbocycles. The molecule has 3 aromatic rings. The molecule has 0 amide bonds. The van der Waals surface area contributed by atoms with E-state index in [9.17, 15) is 17.2 Å². The summed E-state index contributed by atoms with van der Waals surface area (Å²) < 4.78 is 55.3. The second kappa shape index (κ2) is 7.50. The van der Waals surface area contributed by atoms with Crippen molar-refractivity contribution >= 4 is 49.0 Å². The summed E-state index contributed by atoms with van der Waals surface area (Å²) in [5.74, 6) is -2.13. The van der Waals surface area contributed by atoms with Crippen molar-refractivity contribution in [1.29, 1.82) is 0 Å². The molecule has 0 saturated heterocycles. The van der Waals surface area contributed by atoms with E-state index in [4.69, 9.17) is 0 Å². The molecular formula is C17H16F2N2O2S3. The summed E-state index contributed by atoms with van der Waals surface area (Å²) in [5, 5.41) is 0.403. The topological polar surface area (TPSA) is 59.1 Å². The van der Waals surface area contributed by atoms with Gasteiger partial charge in [-0.2, -0.15) is 0 Å². The first-order valence-electron chi connectivity index (χ1n) is 7.73. The van der Waals surface area contributed by atoms with E-state index in [1.807, 2.05) is 0 Å². The number of fused-ring (bicyclic) bond motifs is 1. The predicted molar refractivity (Wildman–Crippen MR) is 103 cm³/mol. The van der Waals surface area contributed by atoms with Gasteiger partial charge in [-0.3, -0.25) is 4.72 Å². The van der Waals surface area contributed by atoms with Crippen molar-refractivity contribution in [2.45, 2.75) is 29.2 Å². The highest BCUT2D eigenvalue weighted by molar-refractivity contribution is 8.01. The number of hydrogen-bond donors (Lipinski definition) is 1. The van der Waals surface area contributed by atoms with Crippen molar-refractivity contribution in [1.82, 2.24) is 4.98 Å². The maximum atomic E-state index is 13.2. The van der Waals surface area contributed by atoms with Gasteiger partial charge in [-0.25, -0.2) is 22.2 Å². The van der Waals surface area contributed by atoms with E-state index in [0.29, 0.717) is 17.0 Å². The van der Waals surface area contributed by atoms with Crippen LogP contribution in [0.2, 0.25) is 0 Å². The molecule has 0 saturated carbocycles. The molecule has 0 unspecified atom stereocenters. The van der Waals surface area contributed by atoms with Crippen LogP contribution in [0, 0.1) is 11.6 Å². The Kier molecular flexibility index (Phi) is 5.50. The third kappa shape index (κ3) is 4.93. The maximum Gasteiger partial charge on any atom is 0.236 e. The molecule has 26 heavy (non-hydrogen) atoms. The number of benzene rings is 2. The monoisotopic (exact) mass is 414 g/mol. The summed E-state index contributed by atoms with van der Waals surface area (Å²) in [6, 6.07) is 7.79. The van der Waals surface area contributed by atoms with Gasteiger partial charge in [0.1, 0.15) is 11.6 Å². The predicted octanol–water partition coefficient (Wildman–Crippen LogP) is 5.02. The van der Waals surface area contributed by atoms with Gasteiger partial charge in [0.15, 0.2) is 4.34 Å². The van der Waals surface area contributed by atoms with Crippen LogP contribution >= 0.6 is 23.1 Å². The third-order valence-corrected chi connectivity index (χ3v) is 6.63. The van der Waals surface area contributed by atoms with Crippen LogP contribution in [0.15, 0.2) is 40.7 Å². The van der Waals surface area contributed by atoms with Crippen LogP contribution in [0.3, 0.4) is 0 Å². The number of hydrogen-bond acceptors (Lipinski definition) is 5. The van der Waals surface area contributed by atoms with E-state index in [2.05, 4.69) is 23.6 Å². The highest BCUT2D eigenvalue weighted by atomic mass is 32.2. The summed E-state index contributed by atoms with van der Waals surface area (Å²) in [6.07, 6.45) is 0. The SMILES string of the molecule is CC(C)Sc1nc2ccc(NS(=O)(=O)Cc3cc(F)cc(F)c3)cc2s1. The van der Waals surface area contributed by atoms with Crippen LogP contribution in [0.5, 0.6) is 0 Å². The summed E-state index contributed by atoms with van der Waals surface area (Å²) in [7, 11) is -3.81. The van der Waals surface area contributed by atoms with Gasteiger partial charge in [0, 0.05) is 11.3 Å². The summed E-state index contributed by atoms with van der Waals surface area (Å²) >= 11 is 3.14. The van der Waals surface area contributed by atoms with Crippen molar-refractivity contribution in [3.05, 3.63) is 53.6 Å². The van der Waals surface area contributed by atoms with Crippen molar-refractivity contribution in [2.75, 3.05) is 4.72 Å². The molecule has 0 bridgehead atoms. The fraction of sp³-hybridized carbons (Fsp3) is 0.235. The second-order valence-electron chi connectivity index (χ2n) is 5.97. The zero-order chi connectivity index (χ0) is 18.9. The average molecular weight is 415 g/mol. The van der Waals surface area contributed by atoms with E-state index in [1.54, 1.807) is 30.0 Å². The Balaban J connectivity index is 1.80. The second-order valence-corrected chi connectivity index (χ2v) is 10.5. The van der Waals surface area contributed by atoms with Gasteiger partial charge in [0.05, 0.1) is 21.7 Å². The van der Waals surface area contributed by atoms with Gasteiger partial charge in [0.25, 0.3) is 0 Å². The number of anilines is 1. The summed E-state index contributed by atoms with van der Waals surface area (Å²) in [5.41, 5.74) is 1.23. The number of aromatic nitrogens is 1. The van der Waals surface area contributed by atoms with Crippen LogP contribution in [-0.2, 0) is 15.8 Å². The number of sulfonamides is 1. The van der Waals surface area contributed by atoms with E-state index >= 15 is 0 Å². The first-order chi connectivity index (χ1) is 12.2. The van der Waals surface area contributed by atoms with Gasteiger partial charge < -0.3 is 0 Å². The van der Waals surface area contributed by atoms with Crippen LogP contribution in [0.4, 0.5) is 14.5 Å². The molecule has 2 aromatic carbocycles. The normalized spacial score (nSPS) is 12.0. The Bertz CT molecular complexity index is 1030. The number of nitrogens with zero attached hydrogens (tertiary/aromatic N) is 1. The van der Waals surface area contributed by atoms with Crippen LogP contribution < -0.4 is 4.72 Å². The lowest BCUT2D eigenvalue weighted by Gasteiger charge is -2.08. The van der Waals surface area contributed by atoms with Crippen LogP contribution in [0.25, 0.3) is 10.2 Å². The quantitative estimate of drug-likeness (QED) is 0.576. The first-order valence-corrected chi connectivity index (χ1v) is 11.1. The molecule has 0 atom stereocenters. The van der Waals surface area contributed by atoms with Crippen molar-refractivity contribution in [3.63, 3.8) is 0 Å². The minimum absolute atomic E-state index is 0.0458. The van der Waals surface area contributed by atoms with Crippen LogP contribution in [0.1, 0.15) is 19.4 Å². The van der Waals surface area contributed by atoms with Gasteiger partial charge >= 0.3 is 0 Å². The molecule has 9 heteroatoms. The molecule has 0 radical (unpaired) electrons. The van der Waals surface area contributed by atoms with Gasteiger partial charge in [-0.1, -0.05) is 25.6 Å². The molecule has 0 aliphatic heterocycles. The van der Waals surface area contributed by atoms with Crippen molar-refractivity contribution in [3.8, 4) is 0 Å². The molecule has 1 heterocycles. The smallest absolute Gasteiger partial charge is 0.236 e. The number of halogens is 2. The lowest BCUT2D eigenvalue weighted by atomic mass is 10.2. The third-order valence-electron chi connectivity index (χ3n) is 3.26. The Labute approximate surface area is 158 Å². The van der Waals surface area contributed by atoms with Gasteiger partial charge in [0.2, 0.25) is 10.0 Å². The molecule has 1 aromatic heterocycles. The van der Waals surface area contributed by atoms with Gasteiger partial charge in [-0.05, 0) is 35.9 Å². The first kappa shape index (κ1) is 19.1. The zero-order valence-electron chi connectivity index (χ0n) is 14.0. The standard InChI is InChI=1S/C17H16F2N2O2S3/c1-10(2)24-17-20-15-4-3-14(8-16(15)25-17)21-26(22,23)9-11-5-12(18)7-13(19)6-11/h3-8,10,21H,9H2,1-2H3. The van der Waals surface area contributed by atoms with Gasteiger partial charge in [-0.15, -0.1) is 11.3 Å². The highest BCUT2D eigenvalue weighted by Crippen LogP contribution is 2.33. The highest BCUT2D eigenvalue weighted by Gasteiger charge is 2.15. The Morgan fingerprint density at radius 2 is 1.85 bits per heavy atom. The van der Waals surface area contributed by atoms with E-state index in [0.717, 1.165) is 26.7 Å². The zero-order valence-corrected chi connectivity index (χ0v) is 16.4. The number of thioether (sulfide) groups is 1. The van der Waals surface area contributed by atoms with E-state index in [1.165, 1.54) is 11.3 Å². The lowest BCUT2D eigenvalue weighted by molar-refractivity contribution is 0.579. The van der Waals surface area contributed by atoms with Crippen LogP contribution in [-0.4, -0.2) is 18.7 Å². The Hall–Kier alpha value is -1.71. The minimum atomic E-state index is -3.81. The molecule has 4 nitrogen and oxygen atoms in total. The molecule has 3 rings (SSSR count). The fourth-order valence-electron chi connectivity index (χ4n) is 2.35. The number of rotatable bonds is 6. The number of thiazole rings is 1. The Morgan fingerprint density at radius 3 is 2.50 bits per heavy atom. The minimum Gasteiger partial charge on any atom is -0.283 e. The Morgan fingerprint density at radius 1 is 1.15 bits per heavy atom. The molecule has 0 fully saturated rings. The molecule has 0 aliphatic rings. The summed E-state index contributed by atoms with van der Waals surface area (Å²) in [4.78, 5) is 4.50. The van der Waals surface area contributed by atoms with Crippen molar-refractivity contribution < 1.29 is 17.2 Å².